The fraction of sp³-hybridized carbons (Fsp3) is 0.286. The molecule has 0 spiro atoms. The summed E-state index contributed by atoms with van der Waals surface area (Å²) in [5, 5.41) is 10.5. The SMILES string of the molecule is O=C(O)c1ccccc1C1CCN(Cc2cc3ccccc3o2)CC1. The first-order valence-corrected chi connectivity index (χ1v) is 8.73. The number of nitrogens with zero attached hydrogens (tertiary/aromatic N) is 1. The summed E-state index contributed by atoms with van der Waals surface area (Å²) in [6.45, 7) is 2.72. The molecule has 4 rings (SSSR count). The lowest BCUT2D eigenvalue weighted by atomic mass is 9.86. The lowest BCUT2D eigenvalue weighted by Crippen LogP contribution is -2.32. The van der Waals surface area contributed by atoms with Gasteiger partial charge in [0.15, 0.2) is 0 Å². The number of hydrogen-bond acceptors (Lipinski definition) is 3. The number of carboxylic acid groups (broad SMARTS) is 1. The third-order valence-electron chi connectivity index (χ3n) is 5.07. The Morgan fingerprint density at radius 2 is 1.80 bits per heavy atom. The molecule has 2 aromatic carbocycles. The molecule has 0 atom stereocenters. The van der Waals surface area contributed by atoms with Gasteiger partial charge in [0.2, 0.25) is 0 Å². The summed E-state index contributed by atoms with van der Waals surface area (Å²) in [6, 6.07) is 17.6. The molecule has 1 aliphatic heterocycles. The third-order valence-corrected chi connectivity index (χ3v) is 5.07. The fourth-order valence-corrected chi connectivity index (χ4v) is 3.79. The van der Waals surface area contributed by atoms with Crippen LogP contribution < -0.4 is 0 Å². The van der Waals surface area contributed by atoms with Crippen LogP contribution in [0.5, 0.6) is 0 Å². The fourth-order valence-electron chi connectivity index (χ4n) is 3.79. The van der Waals surface area contributed by atoms with Crippen LogP contribution in [0.15, 0.2) is 59.0 Å². The zero-order chi connectivity index (χ0) is 17.2. The molecule has 0 unspecified atom stereocenters. The van der Waals surface area contributed by atoms with E-state index in [1.807, 2.05) is 30.3 Å². The summed E-state index contributed by atoms with van der Waals surface area (Å²) in [6.07, 6.45) is 1.95. The Kier molecular flexibility index (Phi) is 4.28. The van der Waals surface area contributed by atoms with Gasteiger partial charge >= 0.3 is 5.97 Å². The molecule has 0 bridgehead atoms. The molecule has 1 aromatic heterocycles. The second-order valence-electron chi connectivity index (χ2n) is 6.69. The number of aromatic carboxylic acids is 1. The highest BCUT2D eigenvalue weighted by atomic mass is 16.4. The van der Waals surface area contributed by atoms with Gasteiger partial charge in [0.05, 0.1) is 12.1 Å². The van der Waals surface area contributed by atoms with Crippen LogP contribution in [0.4, 0.5) is 0 Å². The normalized spacial score (nSPS) is 16.3. The molecular formula is C21H21NO3. The molecule has 0 radical (unpaired) electrons. The number of benzene rings is 2. The highest BCUT2D eigenvalue weighted by Gasteiger charge is 2.24. The first kappa shape index (κ1) is 15.9. The van der Waals surface area contributed by atoms with Crippen LogP contribution >= 0.6 is 0 Å². The third kappa shape index (κ3) is 3.30. The molecule has 4 heteroatoms. The van der Waals surface area contributed by atoms with Crippen LogP contribution in [0.25, 0.3) is 11.0 Å². The van der Waals surface area contributed by atoms with E-state index >= 15 is 0 Å². The van der Waals surface area contributed by atoms with E-state index in [4.69, 9.17) is 4.42 Å². The quantitative estimate of drug-likeness (QED) is 0.762. The van der Waals surface area contributed by atoms with E-state index in [2.05, 4.69) is 17.0 Å². The highest BCUT2D eigenvalue weighted by molar-refractivity contribution is 5.89. The van der Waals surface area contributed by atoms with Crippen molar-refractivity contribution in [1.29, 1.82) is 0 Å². The second-order valence-corrected chi connectivity index (χ2v) is 6.69. The zero-order valence-corrected chi connectivity index (χ0v) is 14.0. The molecule has 128 valence electrons. The summed E-state index contributed by atoms with van der Waals surface area (Å²) < 4.78 is 5.91. The van der Waals surface area contributed by atoms with Crippen LogP contribution in [-0.4, -0.2) is 29.1 Å². The molecular weight excluding hydrogens is 314 g/mol. The first-order chi connectivity index (χ1) is 12.2. The van der Waals surface area contributed by atoms with Crippen molar-refractivity contribution in [2.24, 2.45) is 0 Å². The van der Waals surface area contributed by atoms with Crippen molar-refractivity contribution >= 4 is 16.9 Å². The zero-order valence-electron chi connectivity index (χ0n) is 14.0. The Bertz CT molecular complexity index is 858. The van der Waals surface area contributed by atoms with Gasteiger partial charge in [0.25, 0.3) is 0 Å². The van der Waals surface area contributed by atoms with E-state index in [-0.39, 0.29) is 0 Å². The molecule has 0 amide bonds. The van der Waals surface area contributed by atoms with Gasteiger partial charge in [-0.05, 0) is 55.6 Å². The van der Waals surface area contributed by atoms with Gasteiger partial charge in [-0.1, -0.05) is 36.4 Å². The second kappa shape index (κ2) is 6.73. The number of rotatable bonds is 4. The van der Waals surface area contributed by atoms with Crippen LogP contribution in [0.2, 0.25) is 0 Å². The van der Waals surface area contributed by atoms with Crippen molar-refractivity contribution in [2.45, 2.75) is 25.3 Å². The Hall–Kier alpha value is -2.59. The molecule has 0 saturated carbocycles. The minimum absolute atomic E-state index is 0.319. The number of para-hydroxylation sites is 1. The maximum atomic E-state index is 11.4. The highest BCUT2D eigenvalue weighted by Crippen LogP contribution is 2.31. The minimum atomic E-state index is -0.833. The molecule has 1 aliphatic rings. The maximum Gasteiger partial charge on any atom is 0.335 e. The number of likely N-dealkylation sites (tertiary alicyclic amines) is 1. The van der Waals surface area contributed by atoms with E-state index in [1.165, 1.54) is 0 Å². The molecule has 1 saturated heterocycles. The van der Waals surface area contributed by atoms with Gasteiger partial charge in [0, 0.05) is 5.39 Å². The lowest BCUT2D eigenvalue weighted by Gasteiger charge is -2.32. The Labute approximate surface area is 146 Å². The molecule has 25 heavy (non-hydrogen) atoms. The van der Waals surface area contributed by atoms with Crippen LogP contribution in [0.3, 0.4) is 0 Å². The van der Waals surface area contributed by atoms with Crippen LogP contribution in [0, 0.1) is 0 Å². The number of carboxylic acids is 1. The molecule has 1 N–H and O–H groups in total. The maximum absolute atomic E-state index is 11.4. The predicted molar refractivity (Wildman–Crippen MR) is 96.9 cm³/mol. The Balaban J connectivity index is 1.42. The van der Waals surface area contributed by atoms with E-state index in [1.54, 1.807) is 12.1 Å². The first-order valence-electron chi connectivity index (χ1n) is 8.73. The number of piperidine rings is 1. The van der Waals surface area contributed by atoms with Gasteiger partial charge in [-0.15, -0.1) is 0 Å². The molecule has 2 heterocycles. The monoisotopic (exact) mass is 335 g/mol. The van der Waals surface area contributed by atoms with Gasteiger partial charge < -0.3 is 9.52 Å². The number of fused-ring (bicyclic) bond motifs is 1. The van der Waals surface area contributed by atoms with Crippen molar-refractivity contribution < 1.29 is 14.3 Å². The molecule has 1 fully saturated rings. The standard InChI is InChI=1S/C21H21NO3/c23-21(24)19-7-3-2-6-18(19)15-9-11-22(12-10-15)14-17-13-16-5-1-4-8-20(16)25-17/h1-8,13,15H,9-12,14H2,(H,23,24). The van der Waals surface area contributed by atoms with E-state index in [0.717, 1.165) is 54.8 Å². The summed E-state index contributed by atoms with van der Waals surface area (Å²) in [7, 11) is 0. The van der Waals surface area contributed by atoms with Crippen LogP contribution in [-0.2, 0) is 6.54 Å². The number of carbonyl (C=O) groups is 1. The van der Waals surface area contributed by atoms with Crippen molar-refractivity contribution in [2.75, 3.05) is 13.1 Å². The summed E-state index contributed by atoms with van der Waals surface area (Å²) in [5.74, 6) is 0.477. The lowest BCUT2D eigenvalue weighted by molar-refractivity contribution is 0.0694. The average Bonchev–Trinajstić information content (AvgIpc) is 3.04. The van der Waals surface area contributed by atoms with Crippen LogP contribution in [0.1, 0.15) is 40.4 Å². The molecule has 4 nitrogen and oxygen atoms in total. The van der Waals surface area contributed by atoms with Gasteiger partial charge in [-0.2, -0.15) is 0 Å². The van der Waals surface area contributed by atoms with Gasteiger partial charge in [0.1, 0.15) is 11.3 Å². The minimum Gasteiger partial charge on any atom is -0.478 e. The molecule has 0 aliphatic carbocycles. The summed E-state index contributed by atoms with van der Waals surface area (Å²) >= 11 is 0. The van der Waals surface area contributed by atoms with E-state index in [0.29, 0.717) is 11.5 Å². The van der Waals surface area contributed by atoms with Crippen molar-refractivity contribution in [1.82, 2.24) is 4.90 Å². The van der Waals surface area contributed by atoms with Crippen molar-refractivity contribution in [3.8, 4) is 0 Å². The predicted octanol–water partition coefficient (Wildman–Crippen LogP) is 4.51. The van der Waals surface area contributed by atoms with Crippen molar-refractivity contribution in [3.05, 3.63) is 71.5 Å². The molecule has 3 aromatic rings. The van der Waals surface area contributed by atoms with Gasteiger partial charge in [-0.3, -0.25) is 4.90 Å². The smallest absolute Gasteiger partial charge is 0.335 e. The van der Waals surface area contributed by atoms with Gasteiger partial charge in [-0.25, -0.2) is 4.79 Å². The summed E-state index contributed by atoms with van der Waals surface area (Å²) in [5.41, 5.74) is 2.35. The van der Waals surface area contributed by atoms with E-state index in [9.17, 15) is 9.90 Å². The average molecular weight is 335 g/mol. The van der Waals surface area contributed by atoms with E-state index < -0.39 is 5.97 Å². The topological polar surface area (TPSA) is 53.7 Å². The number of furan rings is 1. The Morgan fingerprint density at radius 1 is 1.08 bits per heavy atom. The Morgan fingerprint density at radius 3 is 2.56 bits per heavy atom. The van der Waals surface area contributed by atoms with Crippen molar-refractivity contribution in [3.63, 3.8) is 0 Å². The number of hydrogen-bond donors (Lipinski definition) is 1. The largest absolute Gasteiger partial charge is 0.478 e. The summed E-state index contributed by atoms with van der Waals surface area (Å²) in [4.78, 5) is 13.8.